The van der Waals surface area contributed by atoms with Crippen LogP contribution in [0.4, 0.5) is 0 Å². The van der Waals surface area contributed by atoms with E-state index in [1.165, 1.54) is 5.56 Å². The lowest BCUT2D eigenvalue weighted by atomic mass is 10.1. The summed E-state index contributed by atoms with van der Waals surface area (Å²) in [5, 5.41) is 17.1. The van der Waals surface area contributed by atoms with Crippen molar-refractivity contribution in [3.8, 4) is 5.69 Å². The standard InChI is InChI=1S/C14H17ClN4O/c1-4-11-8(2)17-19(9(11)3)13-7-10(15)5-6-12(13)14(16)18-20/h5-7,20H,4H2,1-3H3,(H2,16,18). The number of amidine groups is 1. The van der Waals surface area contributed by atoms with Crippen molar-refractivity contribution in [1.82, 2.24) is 9.78 Å². The molecule has 0 saturated heterocycles. The van der Waals surface area contributed by atoms with Crippen LogP contribution in [0.1, 0.15) is 29.4 Å². The average molecular weight is 293 g/mol. The summed E-state index contributed by atoms with van der Waals surface area (Å²) in [5.74, 6) is 0.0299. The van der Waals surface area contributed by atoms with Crippen LogP contribution >= 0.6 is 11.6 Å². The Labute approximate surface area is 122 Å². The van der Waals surface area contributed by atoms with Crippen molar-refractivity contribution in [2.75, 3.05) is 0 Å². The maximum atomic E-state index is 8.90. The number of halogens is 1. The van der Waals surface area contributed by atoms with Gasteiger partial charge in [0.2, 0.25) is 0 Å². The minimum Gasteiger partial charge on any atom is -0.409 e. The normalized spacial score (nSPS) is 11.9. The van der Waals surface area contributed by atoms with Crippen LogP contribution in [-0.2, 0) is 6.42 Å². The number of rotatable bonds is 3. The van der Waals surface area contributed by atoms with E-state index in [4.69, 9.17) is 22.5 Å². The van der Waals surface area contributed by atoms with Crippen molar-refractivity contribution in [3.05, 3.63) is 45.7 Å². The first-order valence-corrected chi connectivity index (χ1v) is 6.70. The Hall–Kier alpha value is -2.01. The summed E-state index contributed by atoms with van der Waals surface area (Å²) in [5.41, 5.74) is 10.2. The highest BCUT2D eigenvalue weighted by Crippen LogP contribution is 2.24. The van der Waals surface area contributed by atoms with E-state index in [9.17, 15) is 0 Å². The highest BCUT2D eigenvalue weighted by Gasteiger charge is 2.16. The largest absolute Gasteiger partial charge is 0.409 e. The lowest BCUT2D eigenvalue weighted by Crippen LogP contribution is -2.17. The Kier molecular flexibility index (Phi) is 3.99. The summed E-state index contributed by atoms with van der Waals surface area (Å²) >= 11 is 6.06. The molecule has 1 heterocycles. The van der Waals surface area contributed by atoms with Gasteiger partial charge in [-0.05, 0) is 44.0 Å². The molecule has 0 saturated carbocycles. The third-order valence-electron chi connectivity index (χ3n) is 3.37. The van der Waals surface area contributed by atoms with Gasteiger partial charge in [-0.2, -0.15) is 5.10 Å². The maximum Gasteiger partial charge on any atom is 0.172 e. The van der Waals surface area contributed by atoms with Gasteiger partial charge in [0.15, 0.2) is 5.84 Å². The predicted octanol–water partition coefficient (Wildman–Crippen LogP) is 2.80. The zero-order valence-electron chi connectivity index (χ0n) is 11.7. The molecule has 6 heteroatoms. The fourth-order valence-electron chi connectivity index (χ4n) is 2.37. The van der Waals surface area contributed by atoms with Gasteiger partial charge < -0.3 is 10.9 Å². The van der Waals surface area contributed by atoms with Gasteiger partial charge in [0, 0.05) is 16.3 Å². The van der Waals surface area contributed by atoms with E-state index < -0.39 is 0 Å². The number of oxime groups is 1. The molecule has 20 heavy (non-hydrogen) atoms. The van der Waals surface area contributed by atoms with Crippen LogP contribution in [0.15, 0.2) is 23.4 Å². The molecule has 0 bridgehead atoms. The van der Waals surface area contributed by atoms with Gasteiger partial charge in [-0.1, -0.05) is 23.7 Å². The molecule has 0 amide bonds. The zero-order valence-corrected chi connectivity index (χ0v) is 12.4. The number of nitrogens with two attached hydrogens (primary N) is 1. The number of hydrogen-bond acceptors (Lipinski definition) is 3. The molecule has 0 aliphatic carbocycles. The van der Waals surface area contributed by atoms with Gasteiger partial charge in [0.25, 0.3) is 0 Å². The number of benzene rings is 1. The first-order valence-electron chi connectivity index (χ1n) is 6.32. The predicted molar refractivity (Wildman–Crippen MR) is 79.9 cm³/mol. The van der Waals surface area contributed by atoms with E-state index in [1.807, 2.05) is 13.8 Å². The van der Waals surface area contributed by atoms with Crippen LogP contribution in [0.2, 0.25) is 5.02 Å². The molecule has 0 atom stereocenters. The molecule has 106 valence electrons. The van der Waals surface area contributed by atoms with E-state index in [1.54, 1.807) is 22.9 Å². The molecular weight excluding hydrogens is 276 g/mol. The lowest BCUT2D eigenvalue weighted by Gasteiger charge is -2.11. The minimum absolute atomic E-state index is 0.0299. The van der Waals surface area contributed by atoms with Crippen molar-refractivity contribution in [1.29, 1.82) is 0 Å². The van der Waals surface area contributed by atoms with Gasteiger partial charge in [-0.3, -0.25) is 0 Å². The second-order valence-corrected chi connectivity index (χ2v) is 5.00. The molecule has 5 nitrogen and oxygen atoms in total. The van der Waals surface area contributed by atoms with Crippen LogP contribution in [0, 0.1) is 13.8 Å². The zero-order chi connectivity index (χ0) is 14.9. The van der Waals surface area contributed by atoms with E-state index in [0.717, 1.165) is 17.8 Å². The van der Waals surface area contributed by atoms with Crippen LogP contribution in [0.5, 0.6) is 0 Å². The van der Waals surface area contributed by atoms with Gasteiger partial charge in [-0.25, -0.2) is 4.68 Å². The highest BCUT2D eigenvalue weighted by molar-refractivity contribution is 6.31. The Morgan fingerprint density at radius 1 is 1.45 bits per heavy atom. The Morgan fingerprint density at radius 2 is 2.15 bits per heavy atom. The Bertz CT molecular complexity index is 676. The second kappa shape index (κ2) is 5.54. The van der Waals surface area contributed by atoms with Crippen molar-refractivity contribution in [2.45, 2.75) is 27.2 Å². The van der Waals surface area contributed by atoms with Gasteiger partial charge in [-0.15, -0.1) is 0 Å². The van der Waals surface area contributed by atoms with Crippen LogP contribution in [0.25, 0.3) is 5.69 Å². The molecule has 0 aliphatic heterocycles. The molecule has 1 aromatic carbocycles. The molecule has 0 unspecified atom stereocenters. The highest BCUT2D eigenvalue weighted by atomic mass is 35.5. The quantitative estimate of drug-likeness (QED) is 0.395. The van der Waals surface area contributed by atoms with E-state index in [-0.39, 0.29) is 5.84 Å². The van der Waals surface area contributed by atoms with Crippen LogP contribution < -0.4 is 5.73 Å². The number of nitrogens with zero attached hydrogens (tertiary/aromatic N) is 3. The third kappa shape index (κ3) is 2.36. The van der Waals surface area contributed by atoms with E-state index >= 15 is 0 Å². The molecule has 1 aromatic heterocycles. The smallest absolute Gasteiger partial charge is 0.172 e. The van der Waals surface area contributed by atoms with Crippen molar-refractivity contribution in [3.63, 3.8) is 0 Å². The van der Waals surface area contributed by atoms with Gasteiger partial charge in [0.05, 0.1) is 11.4 Å². The Balaban J connectivity index is 2.72. The molecule has 0 spiro atoms. The molecule has 3 N–H and O–H groups in total. The van der Waals surface area contributed by atoms with Gasteiger partial charge >= 0.3 is 0 Å². The number of hydrogen-bond donors (Lipinski definition) is 2. The molecular formula is C14H17ClN4O. The minimum atomic E-state index is 0.0299. The average Bonchev–Trinajstić information content (AvgIpc) is 2.72. The van der Waals surface area contributed by atoms with Crippen molar-refractivity contribution >= 4 is 17.4 Å². The lowest BCUT2D eigenvalue weighted by molar-refractivity contribution is 0.318. The van der Waals surface area contributed by atoms with E-state index in [2.05, 4.69) is 17.2 Å². The molecule has 2 aromatic rings. The summed E-state index contributed by atoms with van der Waals surface area (Å²) in [6, 6.07) is 5.17. The second-order valence-electron chi connectivity index (χ2n) is 4.56. The fraction of sp³-hybridized carbons (Fsp3) is 0.286. The number of aryl methyl sites for hydroxylation is 1. The van der Waals surface area contributed by atoms with Crippen molar-refractivity contribution in [2.24, 2.45) is 10.9 Å². The summed E-state index contributed by atoms with van der Waals surface area (Å²) in [6.07, 6.45) is 0.900. The molecule has 2 rings (SSSR count). The molecule has 0 fully saturated rings. The molecule has 0 radical (unpaired) electrons. The van der Waals surface area contributed by atoms with Gasteiger partial charge in [0.1, 0.15) is 0 Å². The maximum absolute atomic E-state index is 8.90. The first kappa shape index (κ1) is 14.4. The van der Waals surface area contributed by atoms with E-state index in [0.29, 0.717) is 16.3 Å². The summed E-state index contributed by atoms with van der Waals surface area (Å²) in [4.78, 5) is 0. The topological polar surface area (TPSA) is 76.4 Å². The summed E-state index contributed by atoms with van der Waals surface area (Å²) < 4.78 is 1.79. The summed E-state index contributed by atoms with van der Waals surface area (Å²) in [7, 11) is 0. The van der Waals surface area contributed by atoms with Crippen LogP contribution in [0.3, 0.4) is 0 Å². The van der Waals surface area contributed by atoms with Crippen LogP contribution in [-0.4, -0.2) is 20.8 Å². The van der Waals surface area contributed by atoms with Crippen molar-refractivity contribution < 1.29 is 5.21 Å². The Morgan fingerprint density at radius 3 is 2.70 bits per heavy atom. The summed E-state index contributed by atoms with van der Waals surface area (Å²) in [6.45, 7) is 6.05. The third-order valence-corrected chi connectivity index (χ3v) is 3.60. The monoisotopic (exact) mass is 292 g/mol. The number of aromatic nitrogens is 2. The molecule has 0 aliphatic rings. The SMILES string of the molecule is CCc1c(C)nn(-c2cc(Cl)ccc2C(N)=NO)c1C. The first-order chi connectivity index (χ1) is 9.49. The fourth-order valence-corrected chi connectivity index (χ4v) is 2.54.